The maximum atomic E-state index is 13.7. The second kappa shape index (κ2) is 7.61. The van der Waals surface area contributed by atoms with Gasteiger partial charge in [-0.05, 0) is 30.7 Å². The van der Waals surface area contributed by atoms with Gasteiger partial charge >= 0.3 is 0 Å². The third-order valence-corrected chi connectivity index (χ3v) is 6.11. The minimum atomic E-state index is -1.44. The number of carbonyl (C=O) groups excluding carboxylic acids is 3. The van der Waals surface area contributed by atoms with Crippen molar-refractivity contribution in [3.63, 3.8) is 0 Å². The molecule has 3 amide bonds. The summed E-state index contributed by atoms with van der Waals surface area (Å²) in [6, 6.07) is 13.7. The molecule has 2 atom stereocenters. The van der Waals surface area contributed by atoms with E-state index in [2.05, 4.69) is 11.9 Å². The van der Waals surface area contributed by atoms with Gasteiger partial charge in [0.15, 0.2) is 0 Å². The number of para-hydroxylation sites is 1. The maximum Gasteiger partial charge on any atom is 0.267 e. The van der Waals surface area contributed by atoms with E-state index in [-0.39, 0.29) is 31.2 Å². The summed E-state index contributed by atoms with van der Waals surface area (Å²) < 4.78 is 0. The van der Waals surface area contributed by atoms with E-state index in [1.54, 1.807) is 36.4 Å². The van der Waals surface area contributed by atoms with E-state index in [4.69, 9.17) is 11.6 Å². The van der Waals surface area contributed by atoms with E-state index >= 15 is 0 Å². The van der Waals surface area contributed by atoms with Crippen molar-refractivity contribution in [3.05, 3.63) is 77.3 Å². The number of anilines is 1. The van der Waals surface area contributed by atoms with Crippen molar-refractivity contribution in [1.29, 1.82) is 0 Å². The van der Waals surface area contributed by atoms with Gasteiger partial charge in [0.2, 0.25) is 11.6 Å². The van der Waals surface area contributed by atoms with Crippen LogP contribution in [0.4, 0.5) is 5.69 Å². The summed E-state index contributed by atoms with van der Waals surface area (Å²) in [6.07, 6.45) is 1.95. The van der Waals surface area contributed by atoms with Crippen LogP contribution in [-0.4, -0.2) is 34.8 Å². The highest BCUT2D eigenvalue weighted by Gasteiger charge is 2.60. The average Bonchev–Trinajstić information content (AvgIpc) is 3.09. The SMILES string of the molecule is C=CCN1C(=O)c2ccccc2N2C(=O)CC[C@@]12C(=O)N[C@H](C)c1ccccc1Cl. The number of fused-ring (bicyclic) bond motifs is 3. The highest BCUT2D eigenvalue weighted by atomic mass is 35.5. The molecule has 2 aromatic rings. The number of benzene rings is 2. The Labute approximate surface area is 180 Å². The molecule has 2 heterocycles. The second-order valence-corrected chi connectivity index (χ2v) is 7.89. The van der Waals surface area contributed by atoms with Gasteiger partial charge in [-0.3, -0.25) is 19.3 Å². The van der Waals surface area contributed by atoms with Crippen LogP contribution >= 0.6 is 11.6 Å². The van der Waals surface area contributed by atoms with Gasteiger partial charge in [-0.1, -0.05) is 48.0 Å². The number of nitrogens with one attached hydrogen (secondary N) is 1. The van der Waals surface area contributed by atoms with E-state index < -0.39 is 17.6 Å². The molecule has 1 N–H and O–H groups in total. The number of nitrogens with zero attached hydrogens (tertiary/aromatic N) is 2. The Kier molecular flexibility index (Phi) is 5.12. The van der Waals surface area contributed by atoms with Crippen molar-refractivity contribution in [1.82, 2.24) is 10.2 Å². The lowest BCUT2D eigenvalue weighted by molar-refractivity contribution is -0.134. The van der Waals surface area contributed by atoms with Gasteiger partial charge in [0.25, 0.3) is 11.8 Å². The molecule has 0 unspecified atom stereocenters. The molecule has 2 aromatic carbocycles. The van der Waals surface area contributed by atoms with Gasteiger partial charge < -0.3 is 10.2 Å². The standard InChI is InChI=1S/C23H22ClN3O3/c1-3-14-26-21(29)17-9-5-7-11-19(17)27-20(28)12-13-23(26,27)22(30)25-15(2)16-8-4-6-10-18(16)24/h3-11,15H,1,12-14H2,2H3,(H,25,30)/t15-,23-/m1/s1. The van der Waals surface area contributed by atoms with Crippen molar-refractivity contribution in [2.24, 2.45) is 0 Å². The second-order valence-electron chi connectivity index (χ2n) is 7.48. The molecule has 2 aliphatic heterocycles. The average molecular weight is 424 g/mol. The third-order valence-electron chi connectivity index (χ3n) is 5.77. The molecule has 7 heteroatoms. The Morgan fingerprint density at radius 1 is 1.23 bits per heavy atom. The molecular formula is C23H22ClN3O3. The van der Waals surface area contributed by atoms with Gasteiger partial charge in [-0.2, -0.15) is 0 Å². The summed E-state index contributed by atoms with van der Waals surface area (Å²) in [5.74, 6) is -0.896. The monoisotopic (exact) mass is 423 g/mol. The molecular weight excluding hydrogens is 402 g/mol. The Morgan fingerprint density at radius 3 is 2.67 bits per heavy atom. The molecule has 154 valence electrons. The first kappa shape index (κ1) is 20.2. The van der Waals surface area contributed by atoms with E-state index in [0.29, 0.717) is 16.3 Å². The van der Waals surface area contributed by atoms with Gasteiger partial charge in [0.05, 0.1) is 17.3 Å². The van der Waals surface area contributed by atoms with Crippen LogP contribution in [0.2, 0.25) is 5.02 Å². The Bertz CT molecular complexity index is 1050. The van der Waals surface area contributed by atoms with E-state index in [0.717, 1.165) is 5.56 Å². The molecule has 1 fully saturated rings. The molecule has 6 nitrogen and oxygen atoms in total. The molecule has 4 rings (SSSR count). The van der Waals surface area contributed by atoms with Crippen molar-refractivity contribution < 1.29 is 14.4 Å². The van der Waals surface area contributed by atoms with E-state index in [1.807, 2.05) is 25.1 Å². The highest BCUT2D eigenvalue weighted by Crippen LogP contribution is 2.44. The zero-order chi connectivity index (χ0) is 21.5. The zero-order valence-corrected chi connectivity index (χ0v) is 17.4. The number of halogens is 1. The quantitative estimate of drug-likeness (QED) is 0.746. The molecule has 0 aromatic heterocycles. The van der Waals surface area contributed by atoms with Crippen LogP contribution in [0.5, 0.6) is 0 Å². The summed E-state index contributed by atoms with van der Waals surface area (Å²) in [5.41, 5.74) is 0.187. The molecule has 0 saturated carbocycles. The number of hydrogen-bond donors (Lipinski definition) is 1. The predicted molar refractivity (Wildman–Crippen MR) is 115 cm³/mol. The molecule has 1 saturated heterocycles. The van der Waals surface area contributed by atoms with Crippen molar-refractivity contribution in [2.45, 2.75) is 31.5 Å². The predicted octanol–water partition coefficient (Wildman–Crippen LogP) is 3.68. The van der Waals surface area contributed by atoms with Crippen LogP contribution in [-0.2, 0) is 9.59 Å². The number of rotatable bonds is 5. The largest absolute Gasteiger partial charge is 0.346 e. The third kappa shape index (κ3) is 2.91. The number of amides is 3. The van der Waals surface area contributed by atoms with Crippen molar-refractivity contribution >= 4 is 35.0 Å². The lowest BCUT2D eigenvalue weighted by atomic mass is 9.94. The fraction of sp³-hybridized carbons (Fsp3) is 0.261. The molecule has 0 spiro atoms. The van der Waals surface area contributed by atoms with Crippen molar-refractivity contribution in [3.8, 4) is 0 Å². The Morgan fingerprint density at radius 2 is 1.93 bits per heavy atom. The maximum absolute atomic E-state index is 13.7. The van der Waals surface area contributed by atoms with Crippen LogP contribution in [0.15, 0.2) is 61.2 Å². The van der Waals surface area contributed by atoms with Crippen LogP contribution in [0, 0.1) is 0 Å². The summed E-state index contributed by atoms with van der Waals surface area (Å²) in [4.78, 5) is 42.8. The molecule has 0 aliphatic carbocycles. The van der Waals surface area contributed by atoms with Crippen LogP contribution in [0.1, 0.15) is 41.7 Å². The normalized spacial score (nSPS) is 21.1. The Hall–Kier alpha value is -3.12. The first-order valence-electron chi connectivity index (χ1n) is 9.82. The smallest absolute Gasteiger partial charge is 0.267 e. The van der Waals surface area contributed by atoms with Gasteiger partial charge in [-0.25, -0.2) is 0 Å². The highest BCUT2D eigenvalue weighted by molar-refractivity contribution is 6.31. The van der Waals surface area contributed by atoms with Crippen LogP contribution in [0.25, 0.3) is 0 Å². The fourth-order valence-corrected chi connectivity index (χ4v) is 4.68. The van der Waals surface area contributed by atoms with Gasteiger partial charge in [-0.15, -0.1) is 6.58 Å². The summed E-state index contributed by atoms with van der Waals surface area (Å²) in [5, 5.41) is 3.52. The summed E-state index contributed by atoms with van der Waals surface area (Å²) in [6.45, 7) is 5.71. The summed E-state index contributed by atoms with van der Waals surface area (Å²) >= 11 is 6.30. The zero-order valence-electron chi connectivity index (χ0n) is 16.6. The Balaban J connectivity index is 1.79. The van der Waals surface area contributed by atoms with E-state index in [9.17, 15) is 14.4 Å². The lowest BCUT2D eigenvalue weighted by Crippen LogP contribution is -2.70. The first-order chi connectivity index (χ1) is 14.4. The summed E-state index contributed by atoms with van der Waals surface area (Å²) in [7, 11) is 0. The molecule has 2 aliphatic rings. The lowest BCUT2D eigenvalue weighted by Gasteiger charge is -2.49. The topological polar surface area (TPSA) is 69.7 Å². The van der Waals surface area contributed by atoms with Crippen LogP contribution in [0.3, 0.4) is 0 Å². The first-order valence-corrected chi connectivity index (χ1v) is 10.2. The molecule has 0 radical (unpaired) electrons. The molecule has 30 heavy (non-hydrogen) atoms. The minimum absolute atomic E-state index is 0.144. The number of hydrogen-bond acceptors (Lipinski definition) is 3. The van der Waals surface area contributed by atoms with Gasteiger partial charge in [0.1, 0.15) is 0 Å². The van der Waals surface area contributed by atoms with E-state index in [1.165, 1.54) is 9.80 Å². The van der Waals surface area contributed by atoms with Crippen LogP contribution < -0.4 is 10.2 Å². The fourth-order valence-electron chi connectivity index (χ4n) is 4.38. The van der Waals surface area contributed by atoms with Gasteiger partial charge in [0, 0.05) is 24.4 Å². The number of carbonyl (C=O) groups is 3. The van der Waals surface area contributed by atoms with Crippen molar-refractivity contribution in [2.75, 3.05) is 11.4 Å². The minimum Gasteiger partial charge on any atom is -0.346 e. The molecule has 0 bridgehead atoms.